The van der Waals surface area contributed by atoms with Gasteiger partial charge in [0, 0.05) is 18.2 Å². The van der Waals surface area contributed by atoms with Crippen LogP contribution in [0.25, 0.3) is 0 Å². The van der Waals surface area contributed by atoms with Crippen LogP contribution in [0.5, 0.6) is 5.75 Å². The molecule has 2 aromatic rings. The molecule has 5 heteroatoms. The van der Waals surface area contributed by atoms with E-state index in [0.717, 1.165) is 11.1 Å². The molecule has 0 saturated heterocycles. The van der Waals surface area contributed by atoms with E-state index in [4.69, 9.17) is 0 Å². The SMILES string of the molecule is CC(=O)Nc1cc(C(=O)Nc2cc(C)ccc2O)ccc1C. The number of phenols is 1. The second-order valence-electron chi connectivity index (χ2n) is 5.19. The lowest BCUT2D eigenvalue weighted by Crippen LogP contribution is -2.14. The lowest BCUT2D eigenvalue weighted by molar-refractivity contribution is -0.114. The number of benzene rings is 2. The van der Waals surface area contributed by atoms with Gasteiger partial charge < -0.3 is 15.7 Å². The Morgan fingerprint density at radius 1 is 0.955 bits per heavy atom. The van der Waals surface area contributed by atoms with Crippen LogP contribution in [0, 0.1) is 13.8 Å². The summed E-state index contributed by atoms with van der Waals surface area (Å²) in [5.41, 5.74) is 3.14. The molecule has 2 aromatic carbocycles. The topological polar surface area (TPSA) is 78.4 Å². The Balaban J connectivity index is 2.26. The maximum absolute atomic E-state index is 12.3. The molecule has 114 valence electrons. The van der Waals surface area contributed by atoms with E-state index >= 15 is 0 Å². The van der Waals surface area contributed by atoms with Crippen LogP contribution in [0.3, 0.4) is 0 Å². The third kappa shape index (κ3) is 3.63. The first-order valence-corrected chi connectivity index (χ1v) is 6.86. The zero-order valence-electron chi connectivity index (χ0n) is 12.7. The molecular weight excluding hydrogens is 280 g/mol. The molecule has 22 heavy (non-hydrogen) atoms. The van der Waals surface area contributed by atoms with Crippen LogP contribution >= 0.6 is 0 Å². The largest absolute Gasteiger partial charge is 0.506 e. The van der Waals surface area contributed by atoms with Gasteiger partial charge >= 0.3 is 0 Å². The molecule has 0 aliphatic carbocycles. The maximum Gasteiger partial charge on any atom is 0.255 e. The number of anilines is 2. The Morgan fingerprint density at radius 2 is 1.68 bits per heavy atom. The summed E-state index contributed by atoms with van der Waals surface area (Å²) in [7, 11) is 0. The van der Waals surface area contributed by atoms with Crippen LogP contribution in [0.2, 0.25) is 0 Å². The van der Waals surface area contributed by atoms with Crippen molar-refractivity contribution in [3.05, 3.63) is 53.1 Å². The monoisotopic (exact) mass is 298 g/mol. The predicted molar refractivity (Wildman–Crippen MR) is 86.3 cm³/mol. The third-order valence-corrected chi connectivity index (χ3v) is 3.21. The summed E-state index contributed by atoms with van der Waals surface area (Å²) in [6.07, 6.45) is 0. The van der Waals surface area contributed by atoms with Crippen LogP contribution in [-0.4, -0.2) is 16.9 Å². The van der Waals surface area contributed by atoms with Crippen molar-refractivity contribution in [1.82, 2.24) is 0 Å². The number of aromatic hydroxyl groups is 1. The Labute approximate surface area is 129 Å². The highest BCUT2D eigenvalue weighted by atomic mass is 16.3. The number of rotatable bonds is 3. The van der Waals surface area contributed by atoms with Gasteiger partial charge in [0.15, 0.2) is 0 Å². The quantitative estimate of drug-likeness (QED) is 0.761. The molecule has 0 heterocycles. The maximum atomic E-state index is 12.3. The first-order valence-electron chi connectivity index (χ1n) is 6.86. The minimum absolute atomic E-state index is 0.00754. The van der Waals surface area contributed by atoms with Crippen molar-refractivity contribution in [1.29, 1.82) is 0 Å². The van der Waals surface area contributed by atoms with E-state index in [1.165, 1.54) is 13.0 Å². The van der Waals surface area contributed by atoms with E-state index in [0.29, 0.717) is 16.9 Å². The van der Waals surface area contributed by atoms with Gasteiger partial charge in [-0.1, -0.05) is 12.1 Å². The first-order chi connectivity index (χ1) is 10.4. The lowest BCUT2D eigenvalue weighted by Gasteiger charge is -2.11. The molecule has 3 N–H and O–H groups in total. The highest BCUT2D eigenvalue weighted by Crippen LogP contribution is 2.25. The fourth-order valence-corrected chi connectivity index (χ4v) is 2.03. The number of hydrogen-bond donors (Lipinski definition) is 3. The number of carbonyl (C=O) groups excluding carboxylic acids is 2. The van der Waals surface area contributed by atoms with Gasteiger partial charge in [0.05, 0.1) is 5.69 Å². The lowest BCUT2D eigenvalue weighted by atomic mass is 10.1. The van der Waals surface area contributed by atoms with Crippen molar-refractivity contribution in [2.24, 2.45) is 0 Å². The molecular formula is C17H18N2O3. The Bertz CT molecular complexity index is 739. The molecule has 2 amide bonds. The highest BCUT2D eigenvalue weighted by molar-refractivity contribution is 6.06. The molecule has 2 rings (SSSR count). The van der Waals surface area contributed by atoms with Gasteiger partial charge in [-0.2, -0.15) is 0 Å². The predicted octanol–water partition coefficient (Wildman–Crippen LogP) is 3.22. The fraction of sp³-hybridized carbons (Fsp3) is 0.176. The van der Waals surface area contributed by atoms with E-state index in [9.17, 15) is 14.7 Å². The van der Waals surface area contributed by atoms with Gasteiger partial charge in [-0.3, -0.25) is 9.59 Å². The smallest absolute Gasteiger partial charge is 0.255 e. The highest BCUT2D eigenvalue weighted by Gasteiger charge is 2.11. The van der Waals surface area contributed by atoms with Crippen molar-refractivity contribution in [3.8, 4) is 5.75 Å². The molecule has 0 spiro atoms. The minimum Gasteiger partial charge on any atom is -0.506 e. The van der Waals surface area contributed by atoms with Gasteiger partial charge in [-0.15, -0.1) is 0 Å². The Morgan fingerprint density at radius 3 is 2.36 bits per heavy atom. The average Bonchev–Trinajstić information content (AvgIpc) is 2.44. The van der Waals surface area contributed by atoms with Crippen molar-refractivity contribution >= 4 is 23.2 Å². The van der Waals surface area contributed by atoms with Crippen molar-refractivity contribution in [2.45, 2.75) is 20.8 Å². The van der Waals surface area contributed by atoms with Crippen LogP contribution in [-0.2, 0) is 4.79 Å². The number of amides is 2. The molecule has 0 radical (unpaired) electrons. The second kappa shape index (κ2) is 6.30. The van der Waals surface area contributed by atoms with Crippen molar-refractivity contribution < 1.29 is 14.7 Å². The molecule has 0 bridgehead atoms. The van der Waals surface area contributed by atoms with Gasteiger partial charge in [0.1, 0.15) is 5.75 Å². The summed E-state index contributed by atoms with van der Waals surface area (Å²) >= 11 is 0. The third-order valence-electron chi connectivity index (χ3n) is 3.21. The molecule has 0 saturated carbocycles. The summed E-state index contributed by atoms with van der Waals surface area (Å²) in [4.78, 5) is 23.5. The Kier molecular flexibility index (Phi) is 4.46. The van der Waals surface area contributed by atoms with Crippen LogP contribution in [0.15, 0.2) is 36.4 Å². The number of nitrogens with one attached hydrogen (secondary N) is 2. The number of hydrogen-bond acceptors (Lipinski definition) is 3. The standard InChI is InChI=1S/C17H18N2O3/c1-10-4-7-16(21)15(8-10)19-17(22)13-6-5-11(2)14(9-13)18-12(3)20/h4-9,21H,1-3H3,(H,18,20)(H,19,22). The first kappa shape index (κ1) is 15.6. The van der Waals surface area contributed by atoms with E-state index in [2.05, 4.69) is 10.6 Å². The molecule has 0 aliphatic heterocycles. The summed E-state index contributed by atoms with van der Waals surface area (Å²) in [5, 5.41) is 15.1. The molecule has 0 aromatic heterocycles. The minimum atomic E-state index is -0.354. The van der Waals surface area contributed by atoms with Crippen molar-refractivity contribution in [3.63, 3.8) is 0 Å². The van der Waals surface area contributed by atoms with Gasteiger partial charge in [-0.05, 0) is 49.2 Å². The number of aryl methyl sites for hydroxylation is 2. The zero-order valence-corrected chi connectivity index (χ0v) is 12.7. The zero-order chi connectivity index (χ0) is 16.3. The normalized spacial score (nSPS) is 10.1. The van der Waals surface area contributed by atoms with Crippen LogP contribution in [0.1, 0.15) is 28.4 Å². The Hall–Kier alpha value is -2.82. The summed E-state index contributed by atoms with van der Waals surface area (Å²) in [6.45, 7) is 5.13. The van der Waals surface area contributed by atoms with E-state index in [1.807, 2.05) is 13.8 Å². The summed E-state index contributed by atoms with van der Waals surface area (Å²) in [6, 6.07) is 10.0. The summed E-state index contributed by atoms with van der Waals surface area (Å²) < 4.78 is 0. The van der Waals surface area contributed by atoms with E-state index in [-0.39, 0.29) is 17.6 Å². The molecule has 0 unspecified atom stereocenters. The van der Waals surface area contributed by atoms with Crippen LogP contribution < -0.4 is 10.6 Å². The van der Waals surface area contributed by atoms with Gasteiger partial charge in [0.25, 0.3) is 5.91 Å². The molecule has 0 atom stereocenters. The number of phenolic OH excluding ortho intramolecular Hbond substituents is 1. The second-order valence-corrected chi connectivity index (χ2v) is 5.19. The number of carbonyl (C=O) groups is 2. The summed E-state index contributed by atoms with van der Waals surface area (Å²) in [5.74, 6) is -0.544. The van der Waals surface area contributed by atoms with Crippen LogP contribution in [0.4, 0.5) is 11.4 Å². The molecule has 0 fully saturated rings. The van der Waals surface area contributed by atoms with Gasteiger partial charge in [-0.25, -0.2) is 0 Å². The molecule has 5 nitrogen and oxygen atoms in total. The fourth-order valence-electron chi connectivity index (χ4n) is 2.03. The van der Waals surface area contributed by atoms with Crippen molar-refractivity contribution in [2.75, 3.05) is 10.6 Å². The van der Waals surface area contributed by atoms with E-state index < -0.39 is 0 Å². The average molecular weight is 298 g/mol. The molecule has 0 aliphatic rings. The van der Waals surface area contributed by atoms with E-state index in [1.54, 1.807) is 30.3 Å². The van der Waals surface area contributed by atoms with Gasteiger partial charge in [0.2, 0.25) is 5.91 Å².